The molecule has 11 nitrogen and oxygen atoms in total. The molecule has 226 valence electrons. The summed E-state index contributed by atoms with van der Waals surface area (Å²) in [5.41, 5.74) is 9.60. The van der Waals surface area contributed by atoms with E-state index in [0.29, 0.717) is 67.7 Å². The first-order valence-electron chi connectivity index (χ1n) is 15.3. The maximum Gasteiger partial charge on any atom is 0.258 e. The van der Waals surface area contributed by atoms with Gasteiger partial charge in [0.05, 0.1) is 48.0 Å². The normalized spacial score (nSPS) is 21.4. The molecular weight excluding hydrogens is 534 g/mol. The lowest BCUT2D eigenvalue weighted by atomic mass is 9.87. The molecule has 1 aromatic carbocycles. The average Bonchev–Trinajstić information content (AvgIpc) is 3.73. The van der Waals surface area contributed by atoms with Crippen LogP contribution in [-0.4, -0.2) is 106 Å². The minimum atomic E-state index is -0.507. The highest BCUT2D eigenvalue weighted by Gasteiger charge is 2.43. The number of nitrogens with two attached hydrogens (primary N) is 1. The Morgan fingerprint density at radius 2 is 1.81 bits per heavy atom. The molecule has 11 heteroatoms. The standard InChI is InChI=1S/C31H43N7O4/c1-20-28-26(17-31(2,3)37(30(28)41)18-21-4-5-21)38(34-20)23-6-7-24(29(32)40)25(16-23)33-22-8-10-36(11-9-22)27(39)19-35-12-14-42-15-13-35/h6-7,16,21-22,33H,4-5,8-15,17-19H2,1-3H3,(H2,32,40). The molecule has 3 N–H and O–H groups in total. The van der Waals surface area contributed by atoms with Crippen molar-refractivity contribution in [1.82, 2.24) is 24.5 Å². The molecule has 4 aliphatic rings. The SMILES string of the molecule is Cc1nn(-c2ccc(C(N)=O)c(NC3CCN(C(=O)CN4CCOCC4)CC3)c2)c2c1C(=O)N(CC1CC1)C(C)(C)C2. The molecule has 0 bridgehead atoms. The lowest BCUT2D eigenvalue weighted by Crippen LogP contribution is -2.53. The second-order valence-corrected chi connectivity index (χ2v) is 12.9. The van der Waals surface area contributed by atoms with E-state index in [0.717, 1.165) is 43.9 Å². The topological polar surface area (TPSA) is 126 Å². The number of piperidine rings is 1. The van der Waals surface area contributed by atoms with Gasteiger partial charge in [0.1, 0.15) is 0 Å². The van der Waals surface area contributed by atoms with Gasteiger partial charge in [-0.1, -0.05) is 0 Å². The number of fused-ring (bicyclic) bond motifs is 1. The number of aromatic nitrogens is 2. The smallest absolute Gasteiger partial charge is 0.258 e. The van der Waals surface area contributed by atoms with Crippen LogP contribution in [0.3, 0.4) is 0 Å². The van der Waals surface area contributed by atoms with Crippen molar-refractivity contribution in [2.45, 2.75) is 64.5 Å². The third-order valence-corrected chi connectivity index (χ3v) is 9.27. The summed E-state index contributed by atoms with van der Waals surface area (Å²) in [7, 11) is 0. The summed E-state index contributed by atoms with van der Waals surface area (Å²) >= 11 is 0. The van der Waals surface area contributed by atoms with Crippen LogP contribution in [0.5, 0.6) is 0 Å². The zero-order valence-electron chi connectivity index (χ0n) is 25.0. The Hall–Kier alpha value is -3.44. The number of nitrogens with one attached hydrogen (secondary N) is 1. The van der Waals surface area contributed by atoms with Crippen LogP contribution in [0, 0.1) is 12.8 Å². The molecule has 3 fully saturated rings. The highest BCUT2D eigenvalue weighted by atomic mass is 16.5. The summed E-state index contributed by atoms with van der Waals surface area (Å²) in [6.45, 7) is 11.6. The molecule has 0 unspecified atom stereocenters. The number of likely N-dealkylation sites (tertiary alicyclic amines) is 1. The van der Waals surface area contributed by atoms with E-state index in [1.165, 1.54) is 12.8 Å². The third-order valence-electron chi connectivity index (χ3n) is 9.27. The Bertz CT molecular complexity index is 1370. The fourth-order valence-electron chi connectivity index (χ4n) is 6.58. The molecule has 2 aromatic rings. The van der Waals surface area contributed by atoms with Crippen LogP contribution in [0.4, 0.5) is 5.69 Å². The molecule has 0 spiro atoms. The van der Waals surface area contributed by atoms with Gasteiger partial charge in [-0.05, 0) is 70.6 Å². The number of hydrogen-bond acceptors (Lipinski definition) is 7. The monoisotopic (exact) mass is 577 g/mol. The van der Waals surface area contributed by atoms with Crippen molar-refractivity contribution in [3.8, 4) is 5.69 Å². The average molecular weight is 578 g/mol. The van der Waals surface area contributed by atoms with Crippen molar-refractivity contribution in [1.29, 1.82) is 0 Å². The van der Waals surface area contributed by atoms with E-state index in [1.54, 1.807) is 6.07 Å². The van der Waals surface area contributed by atoms with Gasteiger partial charge >= 0.3 is 0 Å². The number of carbonyl (C=O) groups excluding carboxylic acids is 3. The summed E-state index contributed by atoms with van der Waals surface area (Å²) in [4.78, 5) is 45.0. The van der Waals surface area contributed by atoms with Gasteiger partial charge in [0.15, 0.2) is 0 Å². The molecule has 1 aliphatic carbocycles. The van der Waals surface area contributed by atoms with E-state index >= 15 is 0 Å². The van der Waals surface area contributed by atoms with Gasteiger partial charge in [-0.3, -0.25) is 19.3 Å². The summed E-state index contributed by atoms with van der Waals surface area (Å²) in [5, 5.41) is 8.36. The van der Waals surface area contributed by atoms with E-state index in [2.05, 4.69) is 24.1 Å². The molecule has 3 amide bonds. The van der Waals surface area contributed by atoms with Crippen LogP contribution >= 0.6 is 0 Å². The molecule has 1 aromatic heterocycles. The summed E-state index contributed by atoms with van der Waals surface area (Å²) in [6.07, 6.45) is 4.62. The number of aryl methyl sites for hydroxylation is 1. The van der Waals surface area contributed by atoms with Gasteiger partial charge in [0.2, 0.25) is 5.91 Å². The number of morpholine rings is 1. The maximum atomic E-state index is 13.7. The van der Waals surface area contributed by atoms with E-state index in [1.807, 2.05) is 33.5 Å². The van der Waals surface area contributed by atoms with E-state index in [-0.39, 0.29) is 23.4 Å². The number of benzene rings is 1. The van der Waals surface area contributed by atoms with Crippen LogP contribution in [-0.2, 0) is 16.0 Å². The Morgan fingerprint density at radius 3 is 2.48 bits per heavy atom. The Labute approximate surface area is 247 Å². The van der Waals surface area contributed by atoms with Crippen LogP contribution in [0.25, 0.3) is 5.69 Å². The number of ether oxygens (including phenoxy) is 1. The minimum Gasteiger partial charge on any atom is -0.381 e. The molecule has 2 saturated heterocycles. The molecule has 6 rings (SSSR count). The first-order valence-corrected chi connectivity index (χ1v) is 15.3. The second kappa shape index (κ2) is 11.3. The van der Waals surface area contributed by atoms with Gasteiger partial charge in [-0.25, -0.2) is 4.68 Å². The zero-order valence-corrected chi connectivity index (χ0v) is 25.0. The van der Waals surface area contributed by atoms with Gasteiger partial charge < -0.3 is 25.6 Å². The fraction of sp³-hybridized carbons (Fsp3) is 0.613. The van der Waals surface area contributed by atoms with Crippen molar-refractivity contribution in [2.24, 2.45) is 11.7 Å². The van der Waals surface area contributed by atoms with Crippen molar-refractivity contribution < 1.29 is 19.1 Å². The summed E-state index contributed by atoms with van der Waals surface area (Å²) in [6, 6.07) is 5.59. The predicted octanol–water partition coefficient (Wildman–Crippen LogP) is 2.20. The molecule has 0 radical (unpaired) electrons. The van der Waals surface area contributed by atoms with Crippen LogP contribution in [0.1, 0.15) is 71.6 Å². The summed E-state index contributed by atoms with van der Waals surface area (Å²) in [5.74, 6) is 0.309. The first-order chi connectivity index (χ1) is 20.1. The van der Waals surface area contributed by atoms with Gasteiger partial charge in [-0.2, -0.15) is 5.10 Å². The Balaban J connectivity index is 1.19. The van der Waals surface area contributed by atoms with Crippen molar-refractivity contribution in [2.75, 3.05) is 57.8 Å². The van der Waals surface area contributed by atoms with E-state index in [4.69, 9.17) is 15.6 Å². The number of carbonyl (C=O) groups is 3. The first kappa shape index (κ1) is 28.7. The number of nitrogens with zero attached hydrogens (tertiary/aromatic N) is 5. The number of amides is 3. The number of primary amides is 1. The van der Waals surface area contributed by atoms with Gasteiger partial charge in [0.25, 0.3) is 11.8 Å². The molecule has 42 heavy (non-hydrogen) atoms. The van der Waals surface area contributed by atoms with Crippen molar-refractivity contribution >= 4 is 23.4 Å². The quantitative estimate of drug-likeness (QED) is 0.493. The van der Waals surface area contributed by atoms with E-state index in [9.17, 15) is 14.4 Å². The number of rotatable bonds is 8. The number of anilines is 1. The van der Waals surface area contributed by atoms with Crippen LogP contribution < -0.4 is 11.1 Å². The van der Waals surface area contributed by atoms with Gasteiger partial charge in [0, 0.05) is 56.4 Å². The second-order valence-electron chi connectivity index (χ2n) is 12.9. The highest BCUT2D eigenvalue weighted by molar-refractivity contribution is 6.00. The predicted molar refractivity (Wildman–Crippen MR) is 159 cm³/mol. The molecule has 4 heterocycles. The fourth-order valence-corrected chi connectivity index (χ4v) is 6.58. The Morgan fingerprint density at radius 1 is 1.10 bits per heavy atom. The summed E-state index contributed by atoms with van der Waals surface area (Å²) < 4.78 is 7.25. The Kier molecular flexibility index (Phi) is 7.74. The van der Waals surface area contributed by atoms with Crippen LogP contribution in [0.2, 0.25) is 0 Å². The third kappa shape index (κ3) is 5.76. The van der Waals surface area contributed by atoms with Crippen LogP contribution in [0.15, 0.2) is 18.2 Å². The minimum absolute atomic E-state index is 0.0546. The lowest BCUT2D eigenvalue weighted by molar-refractivity contribution is -0.134. The molecule has 3 aliphatic heterocycles. The van der Waals surface area contributed by atoms with Crippen molar-refractivity contribution in [3.63, 3.8) is 0 Å². The van der Waals surface area contributed by atoms with Gasteiger partial charge in [-0.15, -0.1) is 0 Å². The lowest BCUT2D eigenvalue weighted by Gasteiger charge is -2.42. The highest BCUT2D eigenvalue weighted by Crippen LogP contribution is 2.38. The molecule has 0 atom stereocenters. The molecular formula is C31H43N7O4. The maximum absolute atomic E-state index is 13.7. The molecule has 1 saturated carbocycles. The van der Waals surface area contributed by atoms with E-state index < -0.39 is 5.91 Å². The zero-order chi connectivity index (χ0) is 29.6. The number of hydrogen-bond donors (Lipinski definition) is 2. The largest absolute Gasteiger partial charge is 0.381 e. The van der Waals surface area contributed by atoms with Crippen molar-refractivity contribution in [3.05, 3.63) is 40.7 Å².